The van der Waals surface area contributed by atoms with Gasteiger partial charge in [0.1, 0.15) is 22.3 Å². The Kier molecular flexibility index (Phi) is 6.07. The number of nitrogen functional groups attached to an aromatic ring is 1. The van der Waals surface area contributed by atoms with E-state index in [1.807, 2.05) is 11.9 Å². The molecule has 0 bridgehead atoms. The van der Waals surface area contributed by atoms with Gasteiger partial charge in [-0.3, -0.25) is 4.21 Å². The maximum atomic E-state index is 14.7. The van der Waals surface area contributed by atoms with Crippen LogP contribution in [0.2, 0.25) is 0 Å². The first kappa shape index (κ1) is 25.7. The fourth-order valence-corrected chi connectivity index (χ4v) is 8.86. The van der Waals surface area contributed by atoms with Gasteiger partial charge in [-0.25, -0.2) is 19.0 Å². The molecule has 4 aromatic heterocycles. The van der Waals surface area contributed by atoms with E-state index >= 15 is 0 Å². The number of nitrogens with zero attached hydrogens (tertiary/aromatic N) is 7. The molecule has 1 unspecified atom stereocenters. The average Bonchev–Trinajstić information content (AvgIpc) is 3.69. The van der Waals surface area contributed by atoms with Gasteiger partial charge >= 0.3 is 0 Å². The van der Waals surface area contributed by atoms with Crippen LogP contribution in [0.4, 0.5) is 9.39 Å². The van der Waals surface area contributed by atoms with E-state index in [1.54, 1.807) is 17.1 Å². The second-order valence-electron chi connectivity index (χ2n) is 11.2. The first-order valence-corrected chi connectivity index (χ1v) is 15.9. The first-order chi connectivity index (χ1) is 19.3. The molecule has 0 radical (unpaired) electrons. The van der Waals surface area contributed by atoms with Gasteiger partial charge < -0.3 is 15.2 Å². The normalized spacial score (nSPS) is 25.2. The fraction of sp³-hybridized carbons (Fsp3) is 0.519. The van der Waals surface area contributed by atoms with E-state index in [0.29, 0.717) is 57.8 Å². The molecule has 2 aliphatic carbocycles. The van der Waals surface area contributed by atoms with Crippen LogP contribution in [0.15, 0.2) is 15.7 Å². The topological polar surface area (TPSA) is 140 Å². The van der Waals surface area contributed by atoms with Gasteiger partial charge in [0, 0.05) is 35.7 Å². The van der Waals surface area contributed by atoms with E-state index < -0.39 is 22.4 Å². The summed E-state index contributed by atoms with van der Waals surface area (Å²) in [5.41, 5.74) is 9.33. The third kappa shape index (κ3) is 3.76. The van der Waals surface area contributed by atoms with Crippen LogP contribution in [0.25, 0.3) is 22.6 Å². The van der Waals surface area contributed by atoms with Gasteiger partial charge in [0.15, 0.2) is 22.9 Å². The van der Waals surface area contributed by atoms with Crippen molar-refractivity contribution >= 4 is 38.2 Å². The fourth-order valence-electron chi connectivity index (χ4n) is 7.04. The lowest BCUT2D eigenvalue weighted by Gasteiger charge is -2.39. The number of thiophene rings is 1. The van der Waals surface area contributed by atoms with Gasteiger partial charge in [0.2, 0.25) is 0 Å². The van der Waals surface area contributed by atoms with Gasteiger partial charge in [-0.15, -0.1) is 11.3 Å². The molecule has 4 aromatic rings. The van der Waals surface area contributed by atoms with Crippen LogP contribution in [0.3, 0.4) is 0 Å². The molecule has 1 spiro atoms. The Bertz CT molecular complexity index is 1720. The molecule has 4 atom stereocenters. The smallest absolute Gasteiger partial charge is 0.185 e. The van der Waals surface area contributed by atoms with Crippen LogP contribution in [0.5, 0.6) is 0 Å². The summed E-state index contributed by atoms with van der Waals surface area (Å²) in [6, 6.07) is 2.35. The lowest BCUT2D eigenvalue weighted by molar-refractivity contribution is 0.256. The third-order valence-corrected chi connectivity index (χ3v) is 10.7. The number of anilines is 1. The van der Waals surface area contributed by atoms with Crippen molar-refractivity contribution in [2.24, 2.45) is 5.92 Å². The SMILES string of the molecule is CN1C[C@@H](Cn2ncc3c(S(C)=O)nc(-c4noc5c4CCC[C@@]54CCCc5sc(N)c(C#N)c54)nc32)[C@@H](F)C1. The van der Waals surface area contributed by atoms with Crippen molar-refractivity contribution in [2.45, 2.75) is 61.7 Å². The zero-order valence-corrected chi connectivity index (χ0v) is 23.9. The largest absolute Gasteiger partial charge is 0.389 e. The highest BCUT2D eigenvalue weighted by molar-refractivity contribution is 7.84. The third-order valence-electron chi connectivity index (χ3n) is 8.76. The number of hydrogen-bond donors (Lipinski definition) is 1. The molecule has 7 rings (SSSR count). The summed E-state index contributed by atoms with van der Waals surface area (Å²) in [5.74, 6) is 0.868. The van der Waals surface area contributed by atoms with Gasteiger partial charge in [-0.2, -0.15) is 10.4 Å². The van der Waals surface area contributed by atoms with Crippen molar-refractivity contribution < 1.29 is 13.1 Å². The lowest BCUT2D eigenvalue weighted by atomic mass is 9.63. The van der Waals surface area contributed by atoms with Crippen LogP contribution in [0.1, 0.15) is 53.0 Å². The number of rotatable bonds is 4. The monoisotopic (exact) mass is 580 g/mol. The standard InChI is InChI=1S/C27H29FN8O2S2/c1-35-11-14(18(28)13-35)12-36-25-17(10-31-36)26(40(2)37)33-24(32-25)21-15-5-3-7-27(22(15)38-34-21)8-4-6-19-20(27)16(9-29)23(30)39-19/h10,14,18H,3-8,11-13,30H2,1-2H3/t14-,18-,27-,40?/m0/s1. The van der Waals surface area contributed by atoms with Crippen LogP contribution in [0, 0.1) is 17.2 Å². The number of fused-ring (bicyclic) bond motifs is 5. The quantitative estimate of drug-likeness (QED) is 0.359. The Morgan fingerprint density at radius 1 is 1.30 bits per heavy atom. The van der Waals surface area contributed by atoms with E-state index in [1.165, 1.54) is 11.3 Å². The number of alkyl halides is 1. The Morgan fingerprint density at radius 2 is 2.10 bits per heavy atom. The summed E-state index contributed by atoms with van der Waals surface area (Å²) < 4.78 is 35.3. The Morgan fingerprint density at radius 3 is 2.83 bits per heavy atom. The van der Waals surface area contributed by atoms with Crippen molar-refractivity contribution in [3.63, 3.8) is 0 Å². The molecular formula is C27H29FN8O2S2. The molecular weight excluding hydrogens is 551 g/mol. The number of halogens is 1. The summed E-state index contributed by atoms with van der Waals surface area (Å²) in [7, 11) is 0.493. The highest BCUT2D eigenvalue weighted by atomic mass is 32.2. The molecule has 1 aliphatic heterocycles. The molecule has 0 aromatic carbocycles. The number of likely N-dealkylation sites (tertiary alicyclic amines) is 1. The molecule has 0 amide bonds. The van der Waals surface area contributed by atoms with Crippen LogP contribution >= 0.6 is 11.3 Å². The minimum absolute atomic E-state index is 0.213. The molecule has 208 valence electrons. The number of nitrogens with two attached hydrogens (primary N) is 1. The number of hydrogen-bond acceptors (Lipinski definition) is 10. The molecule has 40 heavy (non-hydrogen) atoms. The number of aromatic nitrogens is 5. The van der Waals surface area contributed by atoms with Crippen molar-refractivity contribution in [2.75, 3.05) is 32.1 Å². The second-order valence-corrected chi connectivity index (χ2v) is 13.7. The minimum Gasteiger partial charge on any atom is -0.389 e. The maximum Gasteiger partial charge on any atom is 0.185 e. The van der Waals surface area contributed by atoms with Crippen molar-refractivity contribution in [3.8, 4) is 17.6 Å². The van der Waals surface area contributed by atoms with Gasteiger partial charge in [0.05, 0.1) is 39.9 Å². The van der Waals surface area contributed by atoms with E-state index in [4.69, 9.17) is 20.2 Å². The Hall–Kier alpha value is -3.21. The Labute approximate surface area is 236 Å². The zero-order valence-electron chi connectivity index (χ0n) is 22.3. The predicted molar refractivity (Wildman–Crippen MR) is 149 cm³/mol. The van der Waals surface area contributed by atoms with E-state index in [0.717, 1.165) is 60.3 Å². The first-order valence-electron chi connectivity index (χ1n) is 13.5. The summed E-state index contributed by atoms with van der Waals surface area (Å²) in [6.07, 6.45) is 7.44. The molecule has 3 aliphatic rings. The van der Waals surface area contributed by atoms with Crippen molar-refractivity contribution in [3.05, 3.63) is 33.5 Å². The van der Waals surface area contributed by atoms with E-state index in [2.05, 4.69) is 16.3 Å². The van der Waals surface area contributed by atoms with Crippen LogP contribution in [-0.4, -0.2) is 66.6 Å². The highest BCUT2D eigenvalue weighted by Gasteiger charge is 2.49. The molecule has 5 heterocycles. The van der Waals surface area contributed by atoms with E-state index in [9.17, 15) is 13.9 Å². The van der Waals surface area contributed by atoms with Gasteiger partial charge in [-0.1, -0.05) is 5.16 Å². The molecule has 1 saturated heterocycles. The van der Waals surface area contributed by atoms with Gasteiger partial charge in [-0.05, 0) is 51.1 Å². The van der Waals surface area contributed by atoms with Gasteiger partial charge in [0.25, 0.3) is 0 Å². The number of nitriles is 1. The zero-order chi connectivity index (χ0) is 27.8. The number of aryl methyl sites for hydroxylation is 1. The summed E-state index contributed by atoms with van der Waals surface area (Å²) in [4.78, 5) is 12.7. The molecule has 0 saturated carbocycles. The van der Waals surface area contributed by atoms with E-state index in [-0.39, 0.29) is 5.92 Å². The summed E-state index contributed by atoms with van der Waals surface area (Å²) in [5, 5.41) is 20.5. The summed E-state index contributed by atoms with van der Waals surface area (Å²) >= 11 is 1.50. The predicted octanol–water partition coefficient (Wildman–Crippen LogP) is 3.59. The molecule has 1 fully saturated rings. The molecule has 13 heteroatoms. The molecule has 10 nitrogen and oxygen atoms in total. The lowest BCUT2D eigenvalue weighted by Crippen LogP contribution is -2.35. The average molecular weight is 581 g/mol. The molecule has 2 N–H and O–H groups in total. The minimum atomic E-state index is -1.42. The van der Waals surface area contributed by atoms with Crippen LogP contribution in [-0.2, 0) is 35.6 Å². The highest BCUT2D eigenvalue weighted by Crippen LogP contribution is 2.55. The van der Waals surface area contributed by atoms with Crippen molar-refractivity contribution in [1.29, 1.82) is 5.26 Å². The maximum absolute atomic E-state index is 14.7. The second kappa shape index (κ2) is 9.43. The Balaban J connectivity index is 1.36. The van der Waals surface area contributed by atoms with Crippen molar-refractivity contribution in [1.82, 2.24) is 29.8 Å². The summed E-state index contributed by atoms with van der Waals surface area (Å²) in [6.45, 7) is 1.39. The van der Waals surface area contributed by atoms with Crippen LogP contribution < -0.4 is 5.73 Å².